The summed E-state index contributed by atoms with van der Waals surface area (Å²) in [7, 11) is 0. The molecule has 2 aromatic rings. The fourth-order valence-corrected chi connectivity index (χ4v) is 1.29. The van der Waals surface area contributed by atoms with Crippen molar-refractivity contribution in [2.45, 2.75) is 6.92 Å². The Kier molecular flexibility index (Phi) is 2.37. The van der Waals surface area contributed by atoms with Crippen LogP contribution in [0.5, 0.6) is 0 Å². The summed E-state index contributed by atoms with van der Waals surface area (Å²) in [6.07, 6.45) is 0. The number of pyridine rings is 1. The summed E-state index contributed by atoms with van der Waals surface area (Å²) in [6.45, 7) is 1.98. The van der Waals surface area contributed by atoms with Gasteiger partial charge in [0.05, 0.1) is 12.1 Å². The zero-order chi connectivity index (χ0) is 10.8. The van der Waals surface area contributed by atoms with Crippen molar-refractivity contribution in [3.63, 3.8) is 0 Å². The van der Waals surface area contributed by atoms with Gasteiger partial charge in [-0.1, -0.05) is 6.07 Å². The number of rotatable bonds is 2. The summed E-state index contributed by atoms with van der Waals surface area (Å²) < 4.78 is 19.0. The van der Waals surface area contributed by atoms with Crippen LogP contribution in [-0.4, -0.2) is 22.2 Å². The molecule has 0 bridgehead atoms. The van der Waals surface area contributed by atoms with Crippen LogP contribution in [-0.2, 0) is 4.74 Å². The third-order valence-corrected chi connectivity index (χ3v) is 1.92. The number of esters is 1. The summed E-state index contributed by atoms with van der Waals surface area (Å²) in [5.74, 6) is -1.05. The Hall–Kier alpha value is -1.91. The van der Waals surface area contributed by atoms with Crippen molar-refractivity contribution in [2.24, 2.45) is 0 Å². The van der Waals surface area contributed by atoms with Gasteiger partial charge in [0.1, 0.15) is 0 Å². The molecule has 0 aromatic carbocycles. The molecule has 0 N–H and O–H groups in total. The molecule has 0 aliphatic rings. The van der Waals surface area contributed by atoms with Gasteiger partial charge >= 0.3 is 5.97 Å². The second-order valence-electron chi connectivity index (χ2n) is 2.94. The van der Waals surface area contributed by atoms with Crippen LogP contribution in [0, 0.1) is 5.95 Å². The van der Waals surface area contributed by atoms with Gasteiger partial charge in [0, 0.05) is 0 Å². The van der Waals surface area contributed by atoms with E-state index >= 15 is 0 Å². The molecule has 5 heteroatoms. The predicted octanol–water partition coefficient (Wildman–Crippen LogP) is 1.65. The molecule has 4 nitrogen and oxygen atoms in total. The van der Waals surface area contributed by atoms with Crippen LogP contribution >= 0.6 is 0 Å². The van der Waals surface area contributed by atoms with E-state index in [4.69, 9.17) is 4.74 Å². The van der Waals surface area contributed by atoms with Crippen LogP contribution in [0.3, 0.4) is 0 Å². The SMILES string of the molecule is CCOC(=O)c1cc2cccc(F)n2n1. The van der Waals surface area contributed by atoms with Crippen LogP contribution in [0.1, 0.15) is 17.4 Å². The molecule has 2 rings (SSSR count). The molecule has 0 radical (unpaired) electrons. The number of aromatic nitrogens is 2. The Balaban J connectivity index is 2.47. The number of carbonyl (C=O) groups excluding carboxylic acids is 1. The highest BCUT2D eigenvalue weighted by atomic mass is 19.1. The van der Waals surface area contributed by atoms with Gasteiger partial charge in [-0.25, -0.2) is 9.31 Å². The van der Waals surface area contributed by atoms with Crippen molar-refractivity contribution < 1.29 is 13.9 Å². The van der Waals surface area contributed by atoms with E-state index in [1.165, 1.54) is 12.1 Å². The third-order valence-electron chi connectivity index (χ3n) is 1.92. The summed E-state index contributed by atoms with van der Waals surface area (Å²) in [4.78, 5) is 11.3. The van der Waals surface area contributed by atoms with E-state index in [9.17, 15) is 9.18 Å². The lowest BCUT2D eigenvalue weighted by Crippen LogP contribution is -2.05. The zero-order valence-electron chi connectivity index (χ0n) is 8.11. The molecule has 0 fully saturated rings. The molecule has 0 saturated heterocycles. The van der Waals surface area contributed by atoms with Gasteiger partial charge in [0.15, 0.2) is 5.69 Å². The highest BCUT2D eigenvalue weighted by Gasteiger charge is 2.12. The summed E-state index contributed by atoms with van der Waals surface area (Å²) in [6, 6.07) is 5.98. The van der Waals surface area contributed by atoms with Gasteiger partial charge in [-0.3, -0.25) is 0 Å². The maximum atomic E-state index is 13.2. The minimum Gasteiger partial charge on any atom is -0.461 e. The van der Waals surface area contributed by atoms with Crippen LogP contribution in [0.4, 0.5) is 4.39 Å². The molecule has 2 heterocycles. The summed E-state index contributed by atoms with van der Waals surface area (Å²) >= 11 is 0. The highest BCUT2D eigenvalue weighted by Crippen LogP contribution is 2.09. The molecular formula is C10H9FN2O2. The van der Waals surface area contributed by atoms with E-state index in [2.05, 4.69) is 5.10 Å². The first-order valence-corrected chi connectivity index (χ1v) is 4.54. The Morgan fingerprint density at radius 2 is 2.40 bits per heavy atom. The second kappa shape index (κ2) is 3.68. The van der Waals surface area contributed by atoms with Crippen molar-refractivity contribution in [3.05, 3.63) is 35.9 Å². The molecule has 78 valence electrons. The lowest BCUT2D eigenvalue weighted by atomic mass is 10.3. The Bertz CT molecular complexity index is 507. The minimum atomic E-state index is -0.541. The smallest absolute Gasteiger partial charge is 0.358 e. The van der Waals surface area contributed by atoms with Crippen LogP contribution in [0.25, 0.3) is 5.52 Å². The van der Waals surface area contributed by atoms with E-state index < -0.39 is 11.9 Å². The maximum Gasteiger partial charge on any atom is 0.358 e. The number of halogens is 1. The molecule has 15 heavy (non-hydrogen) atoms. The van der Waals surface area contributed by atoms with Crippen molar-refractivity contribution in [1.82, 2.24) is 9.61 Å². The van der Waals surface area contributed by atoms with Gasteiger partial charge in [-0.2, -0.15) is 9.49 Å². The van der Waals surface area contributed by atoms with Crippen LogP contribution < -0.4 is 0 Å². The number of hydrogen-bond donors (Lipinski definition) is 0. The van der Waals surface area contributed by atoms with Crippen molar-refractivity contribution in [3.8, 4) is 0 Å². The first kappa shape index (κ1) is 9.64. The number of nitrogens with zero attached hydrogens (tertiary/aromatic N) is 2. The molecule has 2 aromatic heterocycles. The third kappa shape index (κ3) is 1.68. The van der Waals surface area contributed by atoms with Gasteiger partial charge < -0.3 is 4.74 Å². The number of ether oxygens (including phenoxy) is 1. The van der Waals surface area contributed by atoms with E-state index in [0.717, 1.165) is 4.52 Å². The number of carbonyl (C=O) groups is 1. The lowest BCUT2D eigenvalue weighted by Gasteiger charge is -1.95. The zero-order valence-corrected chi connectivity index (χ0v) is 8.11. The van der Waals surface area contributed by atoms with Gasteiger partial charge in [-0.15, -0.1) is 0 Å². The molecule has 0 aliphatic carbocycles. The fraction of sp³-hybridized carbons (Fsp3) is 0.200. The number of hydrogen-bond acceptors (Lipinski definition) is 3. The summed E-state index contributed by atoms with van der Waals surface area (Å²) in [5, 5.41) is 3.80. The Morgan fingerprint density at radius 3 is 3.07 bits per heavy atom. The molecule has 0 atom stereocenters. The second-order valence-corrected chi connectivity index (χ2v) is 2.94. The first-order valence-electron chi connectivity index (χ1n) is 4.54. The molecule has 0 unspecified atom stereocenters. The van der Waals surface area contributed by atoms with E-state index in [1.807, 2.05) is 0 Å². The van der Waals surface area contributed by atoms with Crippen LogP contribution in [0.2, 0.25) is 0 Å². The Morgan fingerprint density at radius 1 is 1.60 bits per heavy atom. The Labute approximate surface area is 85.3 Å². The summed E-state index contributed by atoms with van der Waals surface area (Å²) in [5.41, 5.74) is 0.639. The first-order chi connectivity index (χ1) is 7.22. The van der Waals surface area contributed by atoms with E-state index in [-0.39, 0.29) is 12.3 Å². The van der Waals surface area contributed by atoms with E-state index in [0.29, 0.717) is 5.52 Å². The lowest BCUT2D eigenvalue weighted by molar-refractivity contribution is 0.0519. The highest BCUT2D eigenvalue weighted by molar-refractivity contribution is 5.88. The number of fused-ring (bicyclic) bond motifs is 1. The van der Waals surface area contributed by atoms with Crippen molar-refractivity contribution in [2.75, 3.05) is 6.61 Å². The molecular weight excluding hydrogens is 199 g/mol. The molecule has 0 amide bonds. The van der Waals surface area contributed by atoms with Gasteiger partial charge in [0.2, 0.25) is 5.95 Å². The monoisotopic (exact) mass is 208 g/mol. The quantitative estimate of drug-likeness (QED) is 0.556. The molecule has 0 aliphatic heterocycles. The normalized spacial score (nSPS) is 10.5. The molecule has 0 spiro atoms. The van der Waals surface area contributed by atoms with Crippen molar-refractivity contribution >= 4 is 11.5 Å². The van der Waals surface area contributed by atoms with E-state index in [1.54, 1.807) is 19.1 Å². The standard InChI is InChI=1S/C10H9FN2O2/c1-2-15-10(14)8-6-7-4-3-5-9(11)13(7)12-8/h3-6H,2H2,1H3. The fourth-order valence-electron chi connectivity index (χ4n) is 1.29. The predicted molar refractivity (Wildman–Crippen MR) is 51.1 cm³/mol. The largest absolute Gasteiger partial charge is 0.461 e. The maximum absolute atomic E-state index is 13.2. The van der Waals surface area contributed by atoms with Gasteiger partial charge in [0.25, 0.3) is 0 Å². The minimum absolute atomic E-state index is 0.113. The topological polar surface area (TPSA) is 43.6 Å². The average Bonchev–Trinajstić information content (AvgIpc) is 2.63. The van der Waals surface area contributed by atoms with Crippen molar-refractivity contribution in [1.29, 1.82) is 0 Å². The van der Waals surface area contributed by atoms with Gasteiger partial charge in [-0.05, 0) is 25.1 Å². The average molecular weight is 208 g/mol. The molecule has 0 saturated carbocycles. The van der Waals surface area contributed by atoms with Crippen LogP contribution in [0.15, 0.2) is 24.3 Å².